The van der Waals surface area contributed by atoms with Gasteiger partial charge in [0.25, 0.3) is 0 Å². The SMILES string of the molecule is Cc1cn(CCOC2CCCC2)c(=S)[nH]1. The van der Waals surface area contributed by atoms with Crippen molar-refractivity contribution < 1.29 is 4.74 Å². The van der Waals surface area contributed by atoms with E-state index in [0.29, 0.717) is 6.10 Å². The van der Waals surface area contributed by atoms with E-state index in [1.54, 1.807) is 0 Å². The Labute approximate surface area is 95.5 Å². The number of hydrogen-bond donors (Lipinski definition) is 1. The molecule has 0 amide bonds. The van der Waals surface area contributed by atoms with Crippen molar-refractivity contribution in [2.24, 2.45) is 0 Å². The molecule has 0 aromatic carbocycles. The van der Waals surface area contributed by atoms with E-state index in [1.807, 2.05) is 17.7 Å². The Hall–Kier alpha value is -0.610. The van der Waals surface area contributed by atoms with E-state index in [0.717, 1.165) is 23.6 Å². The van der Waals surface area contributed by atoms with Gasteiger partial charge in [-0.05, 0) is 32.0 Å². The highest BCUT2D eigenvalue weighted by atomic mass is 32.1. The molecule has 1 N–H and O–H groups in total. The zero-order valence-electron chi connectivity index (χ0n) is 9.16. The van der Waals surface area contributed by atoms with Crippen LogP contribution in [0.3, 0.4) is 0 Å². The Balaban J connectivity index is 1.77. The molecule has 0 aliphatic heterocycles. The standard InChI is InChI=1S/C11H18N2OS/c1-9-8-13(11(15)12-9)6-7-14-10-4-2-3-5-10/h8,10H,2-7H2,1H3,(H,12,15). The van der Waals surface area contributed by atoms with Crippen LogP contribution < -0.4 is 0 Å². The van der Waals surface area contributed by atoms with Gasteiger partial charge in [0.2, 0.25) is 0 Å². The number of imidazole rings is 1. The summed E-state index contributed by atoms with van der Waals surface area (Å²) in [7, 11) is 0. The van der Waals surface area contributed by atoms with Gasteiger partial charge in [-0.15, -0.1) is 0 Å². The molecular formula is C11H18N2OS. The van der Waals surface area contributed by atoms with Crippen molar-refractivity contribution in [3.05, 3.63) is 16.7 Å². The van der Waals surface area contributed by atoms with Gasteiger partial charge < -0.3 is 14.3 Å². The van der Waals surface area contributed by atoms with Crippen molar-refractivity contribution >= 4 is 12.2 Å². The summed E-state index contributed by atoms with van der Waals surface area (Å²) in [5, 5.41) is 0. The largest absolute Gasteiger partial charge is 0.376 e. The van der Waals surface area contributed by atoms with E-state index in [9.17, 15) is 0 Å². The third-order valence-corrected chi connectivity index (χ3v) is 3.24. The molecule has 4 heteroatoms. The fourth-order valence-electron chi connectivity index (χ4n) is 2.10. The molecule has 84 valence electrons. The minimum absolute atomic E-state index is 0.499. The van der Waals surface area contributed by atoms with E-state index >= 15 is 0 Å². The Morgan fingerprint density at radius 3 is 2.87 bits per heavy atom. The normalized spacial score (nSPS) is 17.4. The number of aryl methyl sites for hydroxylation is 1. The summed E-state index contributed by atoms with van der Waals surface area (Å²) < 4.78 is 8.63. The molecule has 0 unspecified atom stereocenters. The number of ether oxygens (including phenoxy) is 1. The summed E-state index contributed by atoms with van der Waals surface area (Å²) in [6.45, 7) is 3.65. The molecule has 3 nitrogen and oxygen atoms in total. The van der Waals surface area contributed by atoms with Crippen LogP contribution in [0.25, 0.3) is 0 Å². The first-order valence-corrected chi connectivity index (χ1v) is 6.04. The van der Waals surface area contributed by atoms with E-state index in [1.165, 1.54) is 25.7 Å². The van der Waals surface area contributed by atoms with Crippen molar-refractivity contribution in [3.63, 3.8) is 0 Å². The number of aromatic amines is 1. The van der Waals surface area contributed by atoms with E-state index < -0.39 is 0 Å². The maximum absolute atomic E-state index is 5.79. The Morgan fingerprint density at radius 2 is 2.27 bits per heavy atom. The van der Waals surface area contributed by atoms with Gasteiger partial charge in [-0.3, -0.25) is 0 Å². The minimum atomic E-state index is 0.499. The fourth-order valence-corrected chi connectivity index (χ4v) is 2.41. The van der Waals surface area contributed by atoms with Gasteiger partial charge in [0.05, 0.1) is 12.7 Å². The number of hydrogen-bond acceptors (Lipinski definition) is 2. The molecule has 0 radical (unpaired) electrons. The van der Waals surface area contributed by atoms with Crippen molar-refractivity contribution in [3.8, 4) is 0 Å². The number of nitrogens with one attached hydrogen (secondary N) is 1. The third-order valence-electron chi connectivity index (χ3n) is 2.90. The highest BCUT2D eigenvalue weighted by Crippen LogP contribution is 2.20. The topological polar surface area (TPSA) is 29.9 Å². The quantitative estimate of drug-likeness (QED) is 0.800. The zero-order valence-corrected chi connectivity index (χ0v) is 9.98. The van der Waals surface area contributed by atoms with Crippen molar-refractivity contribution in [1.29, 1.82) is 0 Å². The van der Waals surface area contributed by atoms with Crippen LogP contribution in [0.15, 0.2) is 6.20 Å². The molecule has 0 spiro atoms. The van der Waals surface area contributed by atoms with Gasteiger partial charge in [0, 0.05) is 18.4 Å². The zero-order chi connectivity index (χ0) is 10.7. The van der Waals surface area contributed by atoms with Crippen LogP contribution in [0.4, 0.5) is 0 Å². The van der Waals surface area contributed by atoms with Gasteiger partial charge in [0.1, 0.15) is 0 Å². The lowest BCUT2D eigenvalue weighted by atomic mass is 10.3. The number of H-pyrrole nitrogens is 1. The molecule has 1 aromatic heterocycles. The molecule has 1 aromatic rings. The van der Waals surface area contributed by atoms with Crippen LogP contribution in [0, 0.1) is 11.7 Å². The summed E-state index contributed by atoms with van der Waals surface area (Å²) in [6.07, 6.45) is 7.66. The van der Waals surface area contributed by atoms with Crippen LogP contribution in [0.5, 0.6) is 0 Å². The van der Waals surface area contributed by atoms with Crippen molar-refractivity contribution in [2.45, 2.75) is 45.3 Å². The molecule has 1 aliphatic carbocycles. The molecule has 0 saturated heterocycles. The first-order valence-electron chi connectivity index (χ1n) is 5.63. The molecule has 1 saturated carbocycles. The average Bonchev–Trinajstić information content (AvgIpc) is 2.77. The van der Waals surface area contributed by atoms with Crippen LogP contribution in [-0.2, 0) is 11.3 Å². The smallest absolute Gasteiger partial charge is 0.177 e. The van der Waals surface area contributed by atoms with Gasteiger partial charge in [-0.25, -0.2) is 0 Å². The monoisotopic (exact) mass is 226 g/mol. The molecule has 1 heterocycles. The molecule has 0 atom stereocenters. The van der Waals surface area contributed by atoms with E-state index in [2.05, 4.69) is 4.98 Å². The summed E-state index contributed by atoms with van der Waals surface area (Å²) in [5.74, 6) is 0. The third kappa shape index (κ3) is 2.92. The van der Waals surface area contributed by atoms with Crippen LogP contribution in [-0.4, -0.2) is 22.3 Å². The maximum Gasteiger partial charge on any atom is 0.177 e. The second kappa shape index (κ2) is 4.94. The number of nitrogens with zero attached hydrogens (tertiary/aromatic N) is 1. The van der Waals surface area contributed by atoms with E-state index in [4.69, 9.17) is 17.0 Å². The first kappa shape index (κ1) is 10.9. The summed E-state index contributed by atoms with van der Waals surface area (Å²) in [5.41, 5.74) is 1.11. The van der Waals surface area contributed by atoms with Crippen molar-refractivity contribution in [1.82, 2.24) is 9.55 Å². The average molecular weight is 226 g/mol. The maximum atomic E-state index is 5.79. The number of aromatic nitrogens is 2. The fraction of sp³-hybridized carbons (Fsp3) is 0.727. The predicted octanol–water partition coefficient (Wildman–Crippen LogP) is 2.81. The highest BCUT2D eigenvalue weighted by molar-refractivity contribution is 7.71. The van der Waals surface area contributed by atoms with Crippen molar-refractivity contribution in [2.75, 3.05) is 6.61 Å². The Kier molecular flexibility index (Phi) is 3.59. The molecular weight excluding hydrogens is 208 g/mol. The van der Waals surface area contributed by atoms with Gasteiger partial charge in [0.15, 0.2) is 4.77 Å². The molecule has 0 bridgehead atoms. The molecule has 1 fully saturated rings. The van der Waals surface area contributed by atoms with Gasteiger partial charge >= 0.3 is 0 Å². The lowest BCUT2D eigenvalue weighted by molar-refractivity contribution is 0.0528. The lowest BCUT2D eigenvalue weighted by Gasteiger charge is -2.10. The predicted molar refractivity (Wildman–Crippen MR) is 62.6 cm³/mol. The van der Waals surface area contributed by atoms with Gasteiger partial charge in [-0.1, -0.05) is 12.8 Å². The minimum Gasteiger partial charge on any atom is -0.376 e. The second-order valence-electron chi connectivity index (χ2n) is 4.21. The van der Waals surface area contributed by atoms with Crippen LogP contribution in [0.1, 0.15) is 31.4 Å². The second-order valence-corrected chi connectivity index (χ2v) is 4.60. The number of rotatable bonds is 4. The summed E-state index contributed by atoms with van der Waals surface area (Å²) >= 11 is 5.17. The Morgan fingerprint density at radius 1 is 1.53 bits per heavy atom. The summed E-state index contributed by atoms with van der Waals surface area (Å²) in [4.78, 5) is 3.11. The molecule has 1 aliphatic rings. The molecule has 2 rings (SSSR count). The van der Waals surface area contributed by atoms with Crippen LogP contribution in [0.2, 0.25) is 0 Å². The van der Waals surface area contributed by atoms with Gasteiger partial charge in [-0.2, -0.15) is 0 Å². The first-order chi connectivity index (χ1) is 7.25. The highest BCUT2D eigenvalue weighted by Gasteiger charge is 2.14. The van der Waals surface area contributed by atoms with Crippen LogP contribution >= 0.6 is 12.2 Å². The Bertz CT molecular complexity index is 363. The summed E-state index contributed by atoms with van der Waals surface area (Å²) in [6, 6.07) is 0. The van der Waals surface area contributed by atoms with E-state index in [-0.39, 0.29) is 0 Å². The lowest BCUT2D eigenvalue weighted by Crippen LogP contribution is -2.12. The molecule has 15 heavy (non-hydrogen) atoms.